The number of ketones is 1. The quantitative estimate of drug-likeness (QED) is 0.856. The molecule has 0 saturated carbocycles. The Kier molecular flexibility index (Phi) is 4.14. The Labute approximate surface area is 114 Å². The second-order valence-corrected chi connectivity index (χ2v) is 5.38. The van der Waals surface area contributed by atoms with Crippen molar-refractivity contribution < 1.29 is 9.59 Å². The summed E-state index contributed by atoms with van der Waals surface area (Å²) in [5.74, 6) is -0.324. The molecule has 1 heterocycles. The lowest BCUT2D eigenvalue weighted by Gasteiger charge is -2.14. The van der Waals surface area contributed by atoms with Gasteiger partial charge in [-0.25, -0.2) is 0 Å². The summed E-state index contributed by atoms with van der Waals surface area (Å²) in [7, 11) is 0. The summed E-state index contributed by atoms with van der Waals surface area (Å²) in [5.41, 5.74) is 5.95. The standard InChI is InChI=1S/C13H15BrN2O2/c14-11-4-2-1-3-10(11)12(17)8-16-6-5-9(7-16)13(15)18/h1-4,9H,5-8H2,(H2,15,18). The molecule has 0 spiro atoms. The van der Waals surface area contributed by atoms with Gasteiger partial charge in [0.25, 0.3) is 0 Å². The summed E-state index contributed by atoms with van der Waals surface area (Å²) < 4.78 is 0.806. The van der Waals surface area contributed by atoms with Crippen molar-refractivity contribution in [1.82, 2.24) is 4.90 Å². The van der Waals surface area contributed by atoms with Gasteiger partial charge in [0, 0.05) is 16.6 Å². The van der Waals surface area contributed by atoms with E-state index in [1.807, 2.05) is 23.1 Å². The van der Waals surface area contributed by atoms with Crippen LogP contribution >= 0.6 is 15.9 Å². The van der Waals surface area contributed by atoms with Crippen molar-refractivity contribution in [3.05, 3.63) is 34.3 Å². The monoisotopic (exact) mass is 310 g/mol. The number of rotatable bonds is 4. The van der Waals surface area contributed by atoms with Crippen molar-refractivity contribution in [2.24, 2.45) is 11.7 Å². The molecule has 1 aromatic carbocycles. The van der Waals surface area contributed by atoms with E-state index in [2.05, 4.69) is 15.9 Å². The highest BCUT2D eigenvalue weighted by Gasteiger charge is 2.28. The van der Waals surface area contributed by atoms with E-state index >= 15 is 0 Å². The summed E-state index contributed by atoms with van der Waals surface area (Å²) in [5, 5.41) is 0. The highest BCUT2D eigenvalue weighted by Crippen LogP contribution is 2.19. The van der Waals surface area contributed by atoms with Gasteiger partial charge in [0.05, 0.1) is 12.5 Å². The Morgan fingerprint density at radius 3 is 2.72 bits per heavy atom. The maximum Gasteiger partial charge on any atom is 0.221 e. The Hall–Kier alpha value is -1.20. The molecule has 18 heavy (non-hydrogen) atoms. The summed E-state index contributed by atoms with van der Waals surface area (Å²) in [6.07, 6.45) is 0.749. The first kappa shape index (κ1) is 13.2. The number of nitrogens with zero attached hydrogens (tertiary/aromatic N) is 1. The highest BCUT2D eigenvalue weighted by atomic mass is 79.9. The second-order valence-electron chi connectivity index (χ2n) is 4.53. The Morgan fingerprint density at radius 1 is 1.39 bits per heavy atom. The van der Waals surface area contributed by atoms with E-state index in [-0.39, 0.29) is 17.6 Å². The molecule has 1 atom stereocenters. The number of primary amides is 1. The molecular weight excluding hydrogens is 296 g/mol. The number of carbonyl (C=O) groups is 2. The highest BCUT2D eigenvalue weighted by molar-refractivity contribution is 9.10. The van der Waals surface area contributed by atoms with E-state index in [1.54, 1.807) is 6.07 Å². The molecule has 1 aromatic rings. The molecule has 5 heteroatoms. The third kappa shape index (κ3) is 2.97. The number of hydrogen-bond acceptors (Lipinski definition) is 3. The van der Waals surface area contributed by atoms with Crippen LogP contribution in [0.25, 0.3) is 0 Å². The third-order valence-electron chi connectivity index (χ3n) is 3.22. The maximum absolute atomic E-state index is 12.1. The fourth-order valence-electron chi connectivity index (χ4n) is 2.18. The molecule has 2 N–H and O–H groups in total. The minimum Gasteiger partial charge on any atom is -0.369 e. The van der Waals surface area contributed by atoms with Gasteiger partial charge in [0.2, 0.25) is 5.91 Å². The Bertz CT molecular complexity index is 476. The van der Waals surface area contributed by atoms with Crippen LogP contribution in [0.15, 0.2) is 28.7 Å². The minimum atomic E-state index is -0.272. The summed E-state index contributed by atoms with van der Waals surface area (Å²) in [4.78, 5) is 25.2. The number of Topliss-reactive ketones (excluding diaryl/α,β-unsaturated/α-hetero) is 1. The van der Waals surface area contributed by atoms with Gasteiger partial charge in [-0.3, -0.25) is 14.5 Å². The molecule has 0 radical (unpaired) electrons. The normalized spacial score (nSPS) is 19.9. The van der Waals surface area contributed by atoms with Gasteiger partial charge in [-0.05, 0) is 19.0 Å². The van der Waals surface area contributed by atoms with Gasteiger partial charge in [0.15, 0.2) is 5.78 Å². The van der Waals surface area contributed by atoms with Gasteiger partial charge < -0.3 is 5.73 Å². The van der Waals surface area contributed by atoms with Crippen molar-refractivity contribution >= 4 is 27.6 Å². The molecule has 96 valence electrons. The summed E-state index contributed by atoms with van der Waals surface area (Å²) in [6.45, 7) is 1.68. The molecule has 0 bridgehead atoms. The number of carbonyl (C=O) groups excluding carboxylic acids is 2. The molecule has 1 aliphatic rings. The van der Waals surface area contributed by atoms with Crippen LogP contribution in [0.4, 0.5) is 0 Å². The molecule has 1 fully saturated rings. The molecule has 0 aromatic heterocycles. The average molecular weight is 311 g/mol. The van der Waals surface area contributed by atoms with E-state index in [0.717, 1.165) is 17.4 Å². The van der Waals surface area contributed by atoms with Gasteiger partial charge in [0.1, 0.15) is 0 Å². The zero-order valence-corrected chi connectivity index (χ0v) is 11.5. The van der Waals surface area contributed by atoms with Gasteiger partial charge in [-0.2, -0.15) is 0 Å². The topological polar surface area (TPSA) is 63.4 Å². The van der Waals surface area contributed by atoms with Crippen LogP contribution < -0.4 is 5.73 Å². The average Bonchev–Trinajstić information content (AvgIpc) is 2.78. The molecular formula is C13H15BrN2O2. The zero-order chi connectivity index (χ0) is 13.1. The number of nitrogens with two attached hydrogens (primary N) is 1. The predicted molar refractivity (Wildman–Crippen MR) is 72.2 cm³/mol. The van der Waals surface area contributed by atoms with E-state index < -0.39 is 0 Å². The fraction of sp³-hybridized carbons (Fsp3) is 0.385. The molecule has 1 aliphatic heterocycles. The van der Waals surface area contributed by atoms with Gasteiger partial charge in [-0.1, -0.05) is 34.1 Å². The molecule has 0 aliphatic carbocycles. The molecule has 4 nitrogen and oxygen atoms in total. The van der Waals surface area contributed by atoms with Gasteiger partial charge >= 0.3 is 0 Å². The molecule has 1 amide bonds. The minimum absolute atomic E-state index is 0.0626. The number of halogens is 1. The molecule has 1 unspecified atom stereocenters. The van der Waals surface area contributed by atoms with Crippen LogP contribution in [0.2, 0.25) is 0 Å². The van der Waals surface area contributed by atoms with Gasteiger partial charge in [-0.15, -0.1) is 0 Å². The first-order valence-corrected chi connectivity index (χ1v) is 6.66. The smallest absolute Gasteiger partial charge is 0.221 e. The van der Waals surface area contributed by atoms with Crippen LogP contribution in [0, 0.1) is 5.92 Å². The summed E-state index contributed by atoms with van der Waals surface area (Å²) >= 11 is 3.37. The first-order chi connectivity index (χ1) is 8.58. The SMILES string of the molecule is NC(=O)C1CCN(CC(=O)c2ccccc2Br)C1. The first-order valence-electron chi connectivity index (χ1n) is 5.87. The van der Waals surface area contributed by atoms with Crippen molar-refractivity contribution in [3.63, 3.8) is 0 Å². The van der Waals surface area contributed by atoms with Crippen LogP contribution in [0.1, 0.15) is 16.8 Å². The van der Waals surface area contributed by atoms with E-state index in [0.29, 0.717) is 18.7 Å². The number of hydrogen-bond donors (Lipinski definition) is 1. The van der Waals surface area contributed by atoms with Crippen LogP contribution in [0.5, 0.6) is 0 Å². The van der Waals surface area contributed by atoms with Crippen molar-refractivity contribution in [2.75, 3.05) is 19.6 Å². The predicted octanol–water partition coefficient (Wildman–Crippen LogP) is 1.44. The third-order valence-corrected chi connectivity index (χ3v) is 3.91. The lowest BCUT2D eigenvalue weighted by Crippen LogP contribution is -2.31. The van der Waals surface area contributed by atoms with Crippen LogP contribution in [-0.4, -0.2) is 36.2 Å². The fourth-order valence-corrected chi connectivity index (χ4v) is 2.69. The van der Waals surface area contributed by atoms with Crippen molar-refractivity contribution in [3.8, 4) is 0 Å². The largest absolute Gasteiger partial charge is 0.369 e. The van der Waals surface area contributed by atoms with Crippen molar-refractivity contribution in [1.29, 1.82) is 0 Å². The van der Waals surface area contributed by atoms with Crippen LogP contribution in [0.3, 0.4) is 0 Å². The lowest BCUT2D eigenvalue weighted by molar-refractivity contribution is -0.121. The molecule has 1 saturated heterocycles. The molecule has 2 rings (SSSR count). The number of benzene rings is 1. The second kappa shape index (κ2) is 5.63. The van der Waals surface area contributed by atoms with Crippen LogP contribution in [-0.2, 0) is 4.79 Å². The van der Waals surface area contributed by atoms with E-state index in [1.165, 1.54) is 0 Å². The van der Waals surface area contributed by atoms with Crippen molar-refractivity contribution in [2.45, 2.75) is 6.42 Å². The lowest BCUT2D eigenvalue weighted by atomic mass is 10.1. The number of likely N-dealkylation sites (tertiary alicyclic amines) is 1. The Morgan fingerprint density at radius 2 is 2.11 bits per heavy atom. The summed E-state index contributed by atoms with van der Waals surface area (Å²) in [6, 6.07) is 7.37. The zero-order valence-electron chi connectivity index (χ0n) is 9.93. The number of amides is 1. The maximum atomic E-state index is 12.1. The Balaban J connectivity index is 1.97. The van der Waals surface area contributed by atoms with E-state index in [4.69, 9.17) is 5.73 Å². The van der Waals surface area contributed by atoms with E-state index in [9.17, 15) is 9.59 Å².